The molecule has 0 aromatic heterocycles. The van der Waals surface area contributed by atoms with Crippen LogP contribution in [0.15, 0.2) is 0 Å². The molecule has 2 unspecified atom stereocenters. The van der Waals surface area contributed by atoms with Gasteiger partial charge < -0.3 is 10.6 Å². The number of likely N-dealkylation sites (tertiary alicyclic amines) is 1. The average molecular weight is 212 g/mol. The van der Waals surface area contributed by atoms with Crippen molar-refractivity contribution in [1.29, 1.82) is 0 Å². The van der Waals surface area contributed by atoms with Gasteiger partial charge in [0, 0.05) is 12.6 Å². The first-order chi connectivity index (χ1) is 7.31. The van der Waals surface area contributed by atoms with Gasteiger partial charge in [-0.1, -0.05) is 26.7 Å². The fourth-order valence-corrected chi connectivity index (χ4v) is 2.79. The van der Waals surface area contributed by atoms with Crippen LogP contribution in [0.3, 0.4) is 0 Å². The lowest BCUT2D eigenvalue weighted by Gasteiger charge is -2.37. The molecule has 0 aliphatic carbocycles. The van der Waals surface area contributed by atoms with Crippen LogP contribution in [0.5, 0.6) is 0 Å². The zero-order chi connectivity index (χ0) is 11.1. The Morgan fingerprint density at radius 3 is 2.73 bits per heavy atom. The molecule has 0 aromatic carbocycles. The predicted octanol–water partition coefficient (Wildman–Crippen LogP) is 2.63. The summed E-state index contributed by atoms with van der Waals surface area (Å²) in [6.07, 6.45) is 8.09. The van der Waals surface area contributed by atoms with Crippen LogP contribution < -0.4 is 5.73 Å². The lowest BCUT2D eigenvalue weighted by molar-refractivity contribution is 0.120. The largest absolute Gasteiger partial charge is 0.330 e. The third-order valence-electron chi connectivity index (χ3n) is 3.74. The quantitative estimate of drug-likeness (QED) is 0.733. The van der Waals surface area contributed by atoms with E-state index in [4.69, 9.17) is 5.73 Å². The molecule has 1 saturated heterocycles. The van der Waals surface area contributed by atoms with E-state index in [1.807, 2.05) is 0 Å². The van der Waals surface area contributed by atoms with Gasteiger partial charge in [0.05, 0.1) is 0 Å². The van der Waals surface area contributed by atoms with Crippen LogP contribution >= 0.6 is 0 Å². The number of hydrogen-bond acceptors (Lipinski definition) is 2. The Kier molecular flexibility index (Phi) is 6.26. The second-order valence-electron chi connectivity index (χ2n) is 4.94. The fraction of sp³-hybridized carbons (Fsp3) is 1.00. The SMILES string of the molecule is CCCC(CN)CN1CCCCC1CC. The monoisotopic (exact) mass is 212 g/mol. The average Bonchev–Trinajstić information content (AvgIpc) is 2.29. The molecule has 90 valence electrons. The van der Waals surface area contributed by atoms with Crippen molar-refractivity contribution in [3.63, 3.8) is 0 Å². The first-order valence-corrected chi connectivity index (χ1v) is 6.75. The van der Waals surface area contributed by atoms with Gasteiger partial charge in [-0.2, -0.15) is 0 Å². The molecule has 1 aliphatic rings. The maximum absolute atomic E-state index is 5.84. The van der Waals surface area contributed by atoms with Crippen LogP contribution in [0, 0.1) is 5.92 Å². The summed E-state index contributed by atoms with van der Waals surface area (Å²) in [5.41, 5.74) is 5.84. The highest BCUT2D eigenvalue weighted by molar-refractivity contribution is 4.78. The third kappa shape index (κ3) is 4.12. The maximum Gasteiger partial charge on any atom is 0.00927 e. The number of nitrogens with two attached hydrogens (primary N) is 1. The summed E-state index contributed by atoms with van der Waals surface area (Å²) in [7, 11) is 0. The van der Waals surface area contributed by atoms with Gasteiger partial charge in [-0.3, -0.25) is 0 Å². The van der Waals surface area contributed by atoms with Crippen molar-refractivity contribution >= 4 is 0 Å². The lowest BCUT2D eigenvalue weighted by Crippen LogP contribution is -2.43. The van der Waals surface area contributed by atoms with Crippen molar-refractivity contribution in [3.05, 3.63) is 0 Å². The summed E-state index contributed by atoms with van der Waals surface area (Å²) in [4.78, 5) is 2.69. The molecule has 2 N–H and O–H groups in total. The highest BCUT2D eigenvalue weighted by Crippen LogP contribution is 2.21. The predicted molar refractivity (Wildman–Crippen MR) is 67.0 cm³/mol. The summed E-state index contributed by atoms with van der Waals surface area (Å²) in [6, 6.07) is 0.838. The van der Waals surface area contributed by atoms with Crippen molar-refractivity contribution in [2.45, 2.75) is 58.4 Å². The Hall–Kier alpha value is -0.0800. The van der Waals surface area contributed by atoms with E-state index < -0.39 is 0 Å². The molecule has 0 radical (unpaired) electrons. The molecule has 0 aromatic rings. The molecule has 1 aliphatic heterocycles. The molecule has 15 heavy (non-hydrogen) atoms. The Bertz CT molecular complexity index is 159. The standard InChI is InChI=1S/C13H28N2/c1-3-7-12(10-14)11-15-9-6-5-8-13(15)4-2/h12-13H,3-11,14H2,1-2H3. The van der Waals surface area contributed by atoms with Crippen molar-refractivity contribution < 1.29 is 0 Å². The number of rotatable bonds is 6. The summed E-state index contributed by atoms with van der Waals surface area (Å²) >= 11 is 0. The lowest BCUT2D eigenvalue weighted by atomic mass is 9.96. The van der Waals surface area contributed by atoms with Gasteiger partial charge in [0.25, 0.3) is 0 Å². The van der Waals surface area contributed by atoms with Crippen molar-refractivity contribution in [1.82, 2.24) is 4.90 Å². The molecule has 0 spiro atoms. The van der Waals surface area contributed by atoms with Crippen molar-refractivity contribution in [2.24, 2.45) is 11.7 Å². The topological polar surface area (TPSA) is 29.3 Å². The molecular formula is C13H28N2. The van der Waals surface area contributed by atoms with Crippen LogP contribution in [0.4, 0.5) is 0 Å². The van der Waals surface area contributed by atoms with E-state index in [9.17, 15) is 0 Å². The molecule has 2 nitrogen and oxygen atoms in total. The van der Waals surface area contributed by atoms with E-state index in [-0.39, 0.29) is 0 Å². The zero-order valence-corrected chi connectivity index (χ0v) is 10.5. The highest BCUT2D eigenvalue weighted by atomic mass is 15.2. The molecule has 0 amide bonds. The Morgan fingerprint density at radius 1 is 1.33 bits per heavy atom. The van der Waals surface area contributed by atoms with E-state index in [1.165, 1.54) is 51.6 Å². The minimum absolute atomic E-state index is 0.724. The Morgan fingerprint density at radius 2 is 2.13 bits per heavy atom. The van der Waals surface area contributed by atoms with E-state index in [1.54, 1.807) is 0 Å². The van der Waals surface area contributed by atoms with E-state index in [0.717, 1.165) is 18.5 Å². The van der Waals surface area contributed by atoms with Gasteiger partial charge in [0.2, 0.25) is 0 Å². The molecular weight excluding hydrogens is 184 g/mol. The minimum atomic E-state index is 0.724. The number of nitrogens with zero attached hydrogens (tertiary/aromatic N) is 1. The summed E-state index contributed by atoms with van der Waals surface area (Å²) in [5.74, 6) is 0.724. The zero-order valence-electron chi connectivity index (χ0n) is 10.5. The second-order valence-corrected chi connectivity index (χ2v) is 4.94. The molecule has 1 fully saturated rings. The van der Waals surface area contributed by atoms with Crippen LogP contribution in [0.2, 0.25) is 0 Å². The molecule has 0 bridgehead atoms. The second kappa shape index (κ2) is 7.24. The van der Waals surface area contributed by atoms with Gasteiger partial charge in [-0.05, 0) is 44.7 Å². The number of hydrogen-bond donors (Lipinski definition) is 1. The van der Waals surface area contributed by atoms with Crippen molar-refractivity contribution in [2.75, 3.05) is 19.6 Å². The minimum Gasteiger partial charge on any atom is -0.330 e. The smallest absolute Gasteiger partial charge is 0.00927 e. The van der Waals surface area contributed by atoms with Gasteiger partial charge in [-0.15, -0.1) is 0 Å². The summed E-state index contributed by atoms with van der Waals surface area (Å²) in [5, 5.41) is 0. The first kappa shape index (κ1) is 13.0. The highest BCUT2D eigenvalue weighted by Gasteiger charge is 2.22. The molecule has 1 rings (SSSR count). The summed E-state index contributed by atoms with van der Waals surface area (Å²) < 4.78 is 0. The van der Waals surface area contributed by atoms with Crippen LogP contribution in [-0.4, -0.2) is 30.6 Å². The normalized spacial score (nSPS) is 25.4. The Balaban J connectivity index is 2.38. The van der Waals surface area contributed by atoms with E-state index in [0.29, 0.717) is 0 Å². The molecule has 2 atom stereocenters. The fourth-order valence-electron chi connectivity index (χ4n) is 2.79. The van der Waals surface area contributed by atoms with Gasteiger partial charge in [0.1, 0.15) is 0 Å². The van der Waals surface area contributed by atoms with Gasteiger partial charge in [0.15, 0.2) is 0 Å². The first-order valence-electron chi connectivity index (χ1n) is 6.75. The van der Waals surface area contributed by atoms with E-state index >= 15 is 0 Å². The third-order valence-corrected chi connectivity index (χ3v) is 3.74. The molecule has 0 saturated carbocycles. The van der Waals surface area contributed by atoms with Crippen molar-refractivity contribution in [3.8, 4) is 0 Å². The van der Waals surface area contributed by atoms with Gasteiger partial charge in [-0.25, -0.2) is 0 Å². The van der Waals surface area contributed by atoms with Gasteiger partial charge >= 0.3 is 0 Å². The van der Waals surface area contributed by atoms with Crippen LogP contribution in [-0.2, 0) is 0 Å². The van der Waals surface area contributed by atoms with Crippen LogP contribution in [0.1, 0.15) is 52.4 Å². The molecule has 2 heteroatoms. The van der Waals surface area contributed by atoms with Crippen LogP contribution in [0.25, 0.3) is 0 Å². The van der Waals surface area contributed by atoms with E-state index in [2.05, 4.69) is 18.7 Å². The molecule has 1 heterocycles. The Labute approximate surface area is 95.2 Å². The summed E-state index contributed by atoms with van der Waals surface area (Å²) in [6.45, 7) is 7.98. The number of piperidine rings is 1. The maximum atomic E-state index is 5.84.